The number of halogens is 2. The molecule has 1 spiro atoms. The predicted molar refractivity (Wildman–Crippen MR) is 139 cm³/mol. The molecule has 3 heterocycles. The molecule has 1 aromatic heterocycles. The molecule has 1 amide bonds. The Morgan fingerprint density at radius 3 is 2.61 bits per heavy atom. The summed E-state index contributed by atoms with van der Waals surface area (Å²) in [6, 6.07) is 12.3. The van der Waals surface area contributed by atoms with Gasteiger partial charge in [-0.3, -0.25) is 14.9 Å². The van der Waals surface area contributed by atoms with Crippen LogP contribution in [-0.4, -0.2) is 40.5 Å². The lowest BCUT2D eigenvalue weighted by atomic mass is 9.76. The van der Waals surface area contributed by atoms with Crippen molar-refractivity contribution in [2.45, 2.75) is 51.7 Å². The first-order valence-electron chi connectivity index (χ1n) is 12.2. The maximum atomic E-state index is 13.4. The maximum absolute atomic E-state index is 13.4. The lowest BCUT2D eigenvalue weighted by Gasteiger charge is -2.53. The third-order valence-corrected chi connectivity index (χ3v) is 7.16. The molecule has 0 aliphatic carbocycles. The highest BCUT2D eigenvalue weighted by atomic mass is 35.5. The van der Waals surface area contributed by atoms with Gasteiger partial charge in [0, 0.05) is 54.3 Å². The Morgan fingerprint density at radius 1 is 1.22 bits per heavy atom. The smallest absolute Gasteiger partial charge is 0.305 e. The van der Waals surface area contributed by atoms with Crippen molar-refractivity contribution in [2.75, 3.05) is 13.7 Å². The van der Waals surface area contributed by atoms with E-state index in [9.17, 15) is 14.0 Å². The van der Waals surface area contributed by atoms with Gasteiger partial charge in [-0.15, -0.1) is 0 Å². The SMILES string of the molecule is C=C1N(CCCC(=O)OC)C(=O)C12Cc1c(n(Cc3ccc(F)cc3)c3cc(Cl)ccc13)CN2.CC. The molecule has 3 aromatic rings. The summed E-state index contributed by atoms with van der Waals surface area (Å²) in [6.07, 6.45) is 1.27. The van der Waals surface area contributed by atoms with Gasteiger partial charge in [-0.2, -0.15) is 0 Å². The number of carbonyl (C=O) groups is 2. The van der Waals surface area contributed by atoms with Gasteiger partial charge in [-0.25, -0.2) is 4.39 Å². The van der Waals surface area contributed by atoms with Gasteiger partial charge in [0.25, 0.3) is 5.91 Å². The third-order valence-electron chi connectivity index (χ3n) is 6.92. The van der Waals surface area contributed by atoms with Crippen molar-refractivity contribution in [3.8, 4) is 0 Å². The molecule has 2 aliphatic rings. The molecule has 2 aromatic carbocycles. The van der Waals surface area contributed by atoms with Crippen molar-refractivity contribution in [2.24, 2.45) is 0 Å². The molecule has 1 fully saturated rings. The molecular weight excluding hydrogens is 481 g/mol. The summed E-state index contributed by atoms with van der Waals surface area (Å²) in [6.45, 7) is 9.69. The number of carbonyl (C=O) groups excluding carboxylic acids is 2. The zero-order valence-corrected chi connectivity index (χ0v) is 21.6. The van der Waals surface area contributed by atoms with Crippen LogP contribution in [0, 0.1) is 5.82 Å². The average molecular weight is 512 g/mol. The molecule has 6 nitrogen and oxygen atoms in total. The Hall–Kier alpha value is -3.16. The summed E-state index contributed by atoms with van der Waals surface area (Å²) < 4.78 is 20.3. The van der Waals surface area contributed by atoms with Gasteiger partial charge in [0.05, 0.1) is 12.6 Å². The van der Waals surface area contributed by atoms with Gasteiger partial charge in [-0.05, 0) is 41.8 Å². The fourth-order valence-electron chi connectivity index (χ4n) is 5.09. The molecule has 0 radical (unpaired) electrons. The van der Waals surface area contributed by atoms with Crippen LogP contribution in [0.25, 0.3) is 10.9 Å². The van der Waals surface area contributed by atoms with E-state index in [1.165, 1.54) is 19.2 Å². The van der Waals surface area contributed by atoms with E-state index in [1.54, 1.807) is 17.0 Å². The number of amides is 1. The van der Waals surface area contributed by atoms with Crippen LogP contribution < -0.4 is 5.32 Å². The Bertz CT molecular complexity index is 1300. The fourth-order valence-corrected chi connectivity index (χ4v) is 5.26. The number of benzene rings is 2. The second-order valence-corrected chi connectivity index (χ2v) is 9.25. The lowest BCUT2D eigenvalue weighted by Crippen LogP contribution is -2.72. The van der Waals surface area contributed by atoms with E-state index in [0.717, 1.165) is 33.4 Å². The Kier molecular flexibility index (Phi) is 7.52. The van der Waals surface area contributed by atoms with Gasteiger partial charge >= 0.3 is 5.97 Å². The first-order chi connectivity index (χ1) is 17.3. The van der Waals surface area contributed by atoms with Crippen molar-refractivity contribution in [3.63, 3.8) is 0 Å². The van der Waals surface area contributed by atoms with Crippen LogP contribution in [0.3, 0.4) is 0 Å². The van der Waals surface area contributed by atoms with Gasteiger partial charge in [0.15, 0.2) is 0 Å². The Labute approximate surface area is 215 Å². The molecule has 0 saturated carbocycles. The van der Waals surface area contributed by atoms with Gasteiger partial charge in [0.2, 0.25) is 0 Å². The normalized spacial score (nSPS) is 18.5. The summed E-state index contributed by atoms with van der Waals surface area (Å²) in [4.78, 5) is 26.3. The van der Waals surface area contributed by atoms with Crippen molar-refractivity contribution in [1.82, 2.24) is 14.8 Å². The minimum absolute atomic E-state index is 0.0265. The third kappa shape index (κ3) is 4.42. The number of fused-ring (bicyclic) bond motifs is 3. The number of methoxy groups -OCH3 is 1. The monoisotopic (exact) mass is 511 g/mol. The van der Waals surface area contributed by atoms with Crippen LogP contribution in [0.2, 0.25) is 5.02 Å². The van der Waals surface area contributed by atoms with E-state index >= 15 is 0 Å². The standard InChI is InChI=1S/C26H25ClFN3O3.C2H6/c1-16-26(25(33)30(16)11-3-4-24(32)34-2)13-21-20-10-7-18(27)12-22(20)31(23(21)14-29-26)15-17-5-8-19(28)9-6-17;1-2/h5-10,12,29H,1,3-4,11,13-15H2,2H3;1-2H3. The highest BCUT2D eigenvalue weighted by molar-refractivity contribution is 6.31. The van der Waals surface area contributed by atoms with E-state index in [1.807, 2.05) is 32.0 Å². The lowest BCUT2D eigenvalue weighted by molar-refractivity contribution is -0.147. The predicted octanol–water partition coefficient (Wildman–Crippen LogP) is 5.20. The number of nitrogens with one attached hydrogen (secondary N) is 1. The molecule has 1 saturated heterocycles. The van der Waals surface area contributed by atoms with Gasteiger partial charge in [0.1, 0.15) is 11.4 Å². The first kappa shape index (κ1) is 25.9. The highest BCUT2D eigenvalue weighted by Gasteiger charge is 2.57. The minimum atomic E-state index is -0.840. The number of aromatic nitrogens is 1. The number of hydrogen-bond donors (Lipinski definition) is 1. The number of nitrogens with zero attached hydrogens (tertiary/aromatic N) is 2. The zero-order valence-electron chi connectivity index (χ0n) is 20.9. The molecule has 2 aliphatic heterocycles. The number of ether oxygens (including phenoxy) is 1. The van der Waals surface area contributed by atoms with E-state index in [2.05, 4.69) is 21.2 Å². The average Bonchev–Trinajstić information content (AvgIpc) is 3.20. The number of likely N-dealkylation sites (tertiary alicyclic amines) is 1. The van der Waals surface area contributed by atoms with Crippen molar-refractivity contribution >= 4 is 34.4 Å². The number of β-lactam (4-membered cyclic amide) rings is 1. The summed E-state index contributed by atoms with van der Waals surface area (Å²) in [5.74, 6) is -0.587. The minimum Gasteiger partial charge on any atom is -0.469 e. The van der Waals surface area contributed by atoms with Crippen LogP contribution in [0.15, 0.2) is 54.7 Å². The molecular formula is C28H31ClFN3O3. The van der Waals surface area contributed by atoms with Crippen LogP contribution in [-0.2, 0) is 33.8 Å². The van der Waals surface area contributed by atoms with Crippen LogP contribution in [0.5, 0.6) is 0 Å². The van der Waals surface area contributed by atoms with Crippen LogP contribution in [0.4, 0.5) is 4.39 Å². The summed E-state index contributed by atoms with van der Waals surface area (Å²) in [5.41, 5.74) is 4.01. The second-order valence-electron chi connectivity index (χ2n) is 8.82. The van der Waals surface area contributed by atoms with E-state index in [-0.39, 0.29) is 24.1 Å². The summed E-state index contributed by atoms with van der Waals surface area (Å²) >= 11 is 6.33. The Balaban J connectivity index is 0.00000148. The summed E-state index contributed by atoms with van der Waals surface area (Å²) in [7, 11) is 1.36. The summed E-state index contributed by atoms with van der Waals surface area (Å²) in [5, 5.41) is 5.12. The molecule has 1 atom stereocenters. The maximum Gasteiger partial charge on any atom is 0.305 e. The quantitative estimate of drug-likeness (QED) is 0.365. The Morgan fingerprint density at radius 2 is 1.94 bits per heavy atom. The number of hydrogen-bond acceptors (Lipinski definition) is 4. The topological polar surface area (TPSA) is 63.6 Å². The molecule has 8 heteroatoms. The molecule has 190 valence electrons. The number of rotatable bonds is 6. The molecule has 36 heavy (non-hydrogen) atoms. The molecule has 0 bridgehead atoms. The van der Waals surface area contributed by atoms with Crippen molar-refractivity contribution in [3.05, 3.63) is 82.4 Å². The van der Waals surface area contributed by atoms with Crippen molar-refractivity contribution in [1.29, 1.82) is 0 Å². The first-order valence-corrected chi connectivity index (χ1v) is 12.6. The van der Waals surface area contributed by atoms with Gasteiger partial charge < -0.3 is 14.2 Å². The van der Waals surface area contributed by atoms with Crippen molar-refractivity contribution < 1.29 is 18.7 Å². The van der Waals surface area contributed by atoms with Gasteiger partial charge in [-0.1, -0.05) is 50.2 Å². The zero-order chi connectivity index (χ0) is 26.0. The fraction of sp³-hybridized carbons (Fsp3) is 0.357. The largest absolute Gasteiger partial charge is 0.469 e. The molecule has 1 unspecified atom stereocenters. The molecule has 1 N–H and O–H groups in total. The van der Waals surface area contributed by atoms with E-state index in [0.29, 0.717) is 37.5 Å². The second kappa shape index (κ2) is 10.4. The van der Waals surface area contributed by atoms with E-state index < -0.39 is 5.54 Å². The van der Waals surface area contributed by atoms with Crippen LogP contribution in [0.1, 0.15) is 43.5 Å². The number of esters is 1. The van der Waals surface area contributed by atoms with E-state index in [4.69, 9.17) is 11.6 Å². The van der Waals surface area contributed by atoms with Crippen LogP contribution >= 0.6 is 11.6 Å². The molecule has 5 rings (SSSR count). The highest BCUT2D eigenvalue weighted by Crippen LogP contribution is 2.43.